The number of benzene rings is 1. The van der Waals surface area contributed by atoms with E-state index in [1.807, 2.05) is 11.8 Å². The summed E-state index contributed by atoms with van der Waals surface area (Å²) in [6, 6.07) is 5.42. The van der Waals surface area contributed by atoms with Crippen LogP contribution in [0.1, 0.15) is 26.2 Å². The number of nitrogens with zero attached hydrogens (tertiary/aromatic N) is 2. The van der Waals surface area contributed by atoms with E-state index in [1.165, 1.54) is 0 Å². The second-order valence-electron chi connectivity index (χ2n) is 4.95. The predicted octanol–water partition coefficient (Wildman–Crippen LogP) is 2.31. The summed E-state index contributed by atoms with van der Waals surface area (Å²) in [5.41, 5.74) is 6.44. The summed E-state index contributed by atoms with van der Waals surface area (Å²) in [7, 11) is 0. The summed E-state index contributed by atoms with van der Waals surface area (Å²) in [6.07, 6.45) is 2.81. The molecule has 1 aliphatic rings. The molecular formula is C14H21N3O3. The molecule has 1 fully saturated rings. The Morgan fingerprint density at radius 1 is 1.55 bits per heavy atom. The van der Waals surface area contributed by atoms with Gasteiger partial charge < -0.3 is 15.4 Å². The molecule has 6 heteroatoms. The molecule has 20 heavy (non-hydrogen) atoms. The van der Waals surface area contributed by atoms with Crippen LogP contribution in [-0.2, 0) is 0 Å². The van der Waals surface area contributed by atoms with Gasteiger partial charge in [-0.3, -0.25) is 10.1 Å². The average molecular weight is 279 g/mol. The molecule has 1 aromatic carbocycles. The molecule has 1 atom stereocenters. The van der Waals surface area contributed by atoms with Gasteiger partial charge in [-0.2, -0.15) is 0 Å². The van der Waals surface area contributed by atoms with Crippen LogP contribution in [0.2, 0.25) is 0 Å². The monoisotopic (exact) mass is 279 g/mol. The minimum atomic E-state index is -0.355. The molecule has 2 rings (SSSR count). The fourth-order valence-electron chi connectivity index (χ4n) is 2.65. The van der Waals surface area contributed by atoms with Crippen molar-refractivity contribution in [2.75, 3.05) is 24.6 Å². The minimum absolute atomic E-state index is 0.0568. The van der Waals surface area contributed by atoms with Crippen molar-refractivity contribution in [1.82, 2.24) is 0 Å². The van der Waals surface area contributed by atoms with Crippen LogP contribution in [-0.4, -0.2) is 30.7 Å². The van der Waals surface area contributed by atoms with Gasteiger partial charge in [-0.1, -0.05) is 13.0 Å². The Labute approximate surface area is 118 Å². The first-order chi connectivity index (χ1) is 9.69. The van der Waals surface area contributed by atoms with Crippen LogP contribution in [0, 0.1) is 10.1 Å². The van der Waals surface area contributed by atoms with E-state index in [0.717, 1.165) is 25.8 Å². The van der Waals surface area contributed by atoms with E-state index in [9.17, 15) is 10.1 Å². The lowest BCUT2D eigenvalue weighted by atomic mass is 10.2. The molecular weight excluding hydrogens is 258 g/mol. The van der Waals surface area contributed by atoms with E-state index in [4.69, 9.17) is 10.5 Å². The highest BCUT2D eigenvalue weighted by Gasteiger charge is 2.31. The highest BCUT2D eigenvalue weighted by Crippen LogP contribution is 2.39. The Morgan fingerprint density at radius 2 is 2.35 bits per heavy atom. The van der Waals surface area contributed by atoms with Gasteiger partial charge in [-0.15, -0.1) is 0 Å². The molecule has 0 bridgehead atoms. The predicted molar refractivity (Wildman–Crippen MR) is 78.3 cm³/mol. The van der Waals surface area contributed by atoms with Crippen LogP contribution >= 0.6 is 0 Å². The summed E-state index contributed by atoms with van der Waals surface area (Å²) in [4.78, 5) is 13.1. The van der Waals surface area contributed by atoms with Crippen molar-refractivity contribution in [2.45, 2.75) is 32.2 Å². The van der Waals surface area contributed by atoms with Crippen LogP contribution in [0.25, 0.3) is 0 Å². The molecule has 0 radical (unpaired) electrons. The van der Waals surface area contributed by atoms with Crippen molar-refractivity contribution in [3.05, 3.63) is 28.3 Å². The molecule has 2 N–H and O–H groups in total. The third kappa shape index (κ3) is 2.85. The zero-order valence-electron chi connectivity index (χ0n) is 11.7. The normalized spacial score (nSPS) is 18.3. The van der Waals surface area contributed by atoms with Crippen LogP contribution in [0.3, 0.4) is 0 Å². The number of hydrogen-bond donors (Lipinski definition) is 1. The van der Waals surface area contributed by atoms with Gasteiger partial charge in [0.2, 0.25) is 0 Å². The van der Waals surface area contributed by atoms with Crippen molar-refractivity contribution in [3.8, 4) is 5.75 Å². The van der Waals surface area contributed by atoms with Crippen molar-refractivity contribution in [3.63, 3.8) is 0 Å². The van der Waals surface area contributed by atoms with Crippen molar-refractivity contribution >= 4 is 11.4 Å². The first kappa shape index (κ1) is 14.6. The van der Waals surface area contributed by atoms with Crippen molar-refractivity contribution in [2.24, 2.45) is 5.73 Å². The van der Waals surface area contributed by atoms with Gasteiger partial charge in [0.1, 0.15) is 5.69 Å². The second kappa shape index (κ2) is 6.56. The molecule has 1 aromatic rings. The first-order valence-corrected chi connectivity index (χ1v) is 7.06. The standard InChI is InChI=1S/C14H21N3O3/c1-2-9-20-13-7-3-6-12(14(13)17(18)19)16-8-4-5-11(16)10-15/h3,6-7,11H,2,4-5,8-10,15H2,1H3. The Kier molecular flexibility index (Phi) is 4.79. The molecule has 110 valence electrons. The Hall–Kier alpha value is -1.82. The van der Waals surface area contributed by atoms with Gasteiger partial charge in [0.15, 0.2) is 5.75 Å². The number of ether oxygens (including phenoxy) is 1. The first-order valence-electron chi connectivity index (χ1n) is 7.06. The van der Waals surface area contributed by atoms with Crippen molar-refractivity contribution < 1.29 is 9.66 Å². The largest absolute Gasteiger partial charge is 0.487 e. The molecule has 1 saturated heterocycles. The van der Waals surface area contributed by atoms with Crippen LogP contribution in [0.4, 0.5) is 11.4 Å². The number of nitro groups is 1. The minimum Gasteiger partial charge on any atom is -0.487 e. The number of anilines is 1. The average Bonchev–Trinajstić information content (AvgIpc) is 2.92. The maximum absolute atomic E-state index is 11.4. The Balaban J connectivity index is 2.38. The molecule has 0 aliphatic carbocycles. The lowest BCUT2D eigenvalue weighted by Gasteiger charge is -2.25. The second-order valence-corrected chi connectivity index (χ2v) is 4.95. The summed E-state index contributed by atoms with van der Waals surface area (Å²) in [5.74, 6) is 0.344. The molecule has 0 saturated carbocycles. The smallest absolute Gasteiger partial charge is 0.333 e. The zero-order chi connectivity index (χ0) is 14.5. The molecule has 6 nitrogen and oxygen atoms in total. The molecule has 1 unspecified atom stereocenters. The maximum atomic E-state index is 11.4. The highest BCUT2D eigenvalue weighted by molar-refractivity contribution is 5.70. The quantitative estimate of drug-likeness (QED) is 0.638. The third-order valence-electron chi connectivity index (χ3n) is 3.58. The SMILES string of the molecule is CCCOc1cccc(N2CCCC2CN)c1[N+](=O)[O-]. The number of hydrogen-bond acceptors (Lipinski definition) is 5. The van der Waals surface area contributed by atoms with Gasteiger partial charge in [0, 0.05) is 19.1 Å². The van der Waals surface area contributed by atoms with Crippen LogP contribution in [0.15, 0.2) is 18.2 Å². The summed E-state index contributed by atoms with van der Waals surface area (Å²) in [6.45, 7) is 3.77. The van der Waals surface area contributed by atoms with Gasteiger partial charge in [0.25, 0.3) is 0 Å². The maximum Gasteiger partial charge on any atom is 0.333 e. The topological polar surface area (TPSA) is 81.6 Å². The Morgan fingerprint density at radius 3 is 3.00 bits per heavy atom. The molecule has 0 spiro atoms. The van der Waals surface area contributed by atoms with Gasteiger partial charge in [-0.05, 0) is 31.4 Å². The third-order valence-corrected chi connectivity index (χ3v) is 3.58. The van der Waals surface area contributed by atoms with E-state index >= 15 is 0 Å². The fraction of sp³-hybridized carbons (Fsp3) is 0.571. The van der Waals surface area contributed by atoms with E-state index in [-0.39, 0.29) is 16.7 Å². The highest BCUT2D eigenvalue weighted by atomic mass is 16.6. The number of nitrogens with two attached hydrogens (primary N) is 1. The molecule has 0 aromatic heterocycles. The van der Waals surface area contributed by atoms with E-state index in [1.54, 1.807) is 18.2 Å². The number of para-hydroxylation sites is 1. The zero-order valence-corrected chi connectivity index (χ0v) is 11.7. The summed E-state index contributed by atoms with van der Waals surface area (Å²) < 4.78 is 5.52. The van der Waals surface area contributed by atoms with Crippen LogP contribution < -0.4 is 15.4 Å². The van der Waals surface area contributed by atoms with E-state index in [0.29, 0.717) is 24.6 Å². The molecule has 0 amide bonds. The fourth-order valence-corrected chi connectivity index (χ4v) is 2.65. The molecule has 1 heterocycles. The van der Waals surface area contributed by atoms with Gasteiger partial charge in [-0.25, -0.2) is 0 Å². The van der Waals surface area contributed by atoms with Crippen molar-refractivity contribution in [1.29, 1.82) is 0 Å². The number of rotatable bonds is 6. The lowest BCUT2D eigenvalue weighted by Crippen LogP contribution is -2.35. The lowest BCUT2D eigenvalue weighted by molar-refractivity contribution is -0.385. The van der Waals surface area contributed by atoms with Gasteiger partial charge in [0.05, 0.1) is 11.5 Å². The Bertz CT molecular complexity index is 479. The molecule has 1 aliphatic heterocycles. The van der Waals surface area contributed by atoms with E-state index in [2.05, 4.69) is 0 Å². The van der Waals surface area contributed by atoms with E-state index < -0.39 is 0 Å². The summed E-state index contributed by atoms with van der Waals surface area (Å²) in [5, 5.41) is 11.4. The van der Waals surface area contributed by atoms with Gasteiger partial charge >= 0.3 is 5.69 Å². The van der Waals surface area contributed by atoms with Crippen LogP contribution in [0.5, 0.6) is 5.75 Å². The summed E-state index contributed by atoms with van der Waals surface area (Å²) >= 11 is 0. The number of nitro benzene ring substituents is 1.